The van der Waals surface area contributed by atoms with Gasteiger partial charge < -0.3 is 24.2 Å². The number of hydrogen-bond acceptors (Lipinski definition) is 7. The highest BCUT2D eigenvalue weighted by Crippen LogP contribution is 2.66. The van der Waals surface area contributed by atoms with Crippen molar-refractivity contribution in [3.63, 3.8) is 0 Å². The molecule has 2 saturated heterocycles. The molecule has 0 unspecified atom stereocenters. The van der Waals surface area contributed by atoms with Crippen molar-refractivity contribution in [3.05, 3.63) is 23.8 Å². The number of anilines is 1. The minimum Gasteiger partial charge on any atom is -0.453 e. The molecule has 8 nitrogen and oxygen atoms in total. The minimum absolute atomic E-state index is 0.0175. The number of para-hydroxylation sites is 1. The van der Waals surface area contributed by atoms with E-state index in [2.05, 4.69) is 4.90 Å². The molecule has 1 amide bonds. The van der Waals surface area contributed by atoms with Gasteiger partial charge in [-0.3, -0.25) is 14.5 Å². The van der Waals surface area contributed by atoms with Gasteiger partial charge >= 0.3 is 0 Å². The second kappa shape index (κ2) is 5.82. The highest BCUT2D eigenvalue weighted by atomic mass is 16.7. The van der Waals surface area contributed by atoms with Crippen LogP contribution in [0.15, 0.2) is 18.2 Å². The smallest absolute Gasteiger partial charge is 0.299 e. The van der Waals surface area contributed by atoms with Crippen LogP contribution < -0.4 is 9.64 Å². The first kappa shape index (κ1) is 18.7. The normalized spacial score (nSPS) is 44.3. The van der Waals surface area contributed by atoms with Crippen LogP contribution in [0, 0.1) is 11.8 Å². The number of carbonyl (C=O) groups excluding carboxylic acids is 2. The van der Waals surface area contributed by atoms with Gasteiger partial charge in [-0.05, 0) is 51.5 Å². The number of aliphatic hydroxyl groups is 1. The number of hydrogen-bond donors (Lipinski definition) is 1. The standard InChI is InChI=1S/C22H26N2O6/c1-11-15-12-7-9-23(2)10-8-21(17(15)25)13-5-4-6-14-16(13)24(19(26)20(28-3)30-14)22(21,27)18(12)29-11/h4-6,11-12,15,18,20,27H,7-10H2,1-3H3/t11-,12+,15+,18-,20+,21+,22+/m1/s1. The molecule has 6 rings (SSSR count). The van der Waals surface area contributed by atoms with Crippen LogP contribution in [0.2, 0.25) is 0 Å². The number of Topliss-reactive ketones (excluding diaryl/α,β-unsaturated/α-hetero) is 1. The van der Waals surface area contributed by atoms with Crippen LogP contribution in [0.4, 0.5) is 5.69 Å². The summed E-state index contributed by atoms with van der Waals surface area (Å²) in [5.41, 5.74) is -1.92. The van der Waals surface area contributed by atoms with Crippen LogP contribution in [0.25, 0.3) is 0 Å². The van der Waals surface area contributed by atoms with Crippen molar-refractivity contribution in [1.82, 2.24) is 4.90 Å². The van der Waals surface area contributed by atoms with Crippen molar-refractivity contribution < 1.29 is 28.9 Å². The zero-order valence-corrected chi connectivity index (χ0v) is 17.3. The number of fused-ring (bicyclic) bond motifs is 2. The van der Waals surface area contributed by atoms with E-state index < -0.39 is 29.4 Å². The molecule has 30 heavy (non-hydrogen) atoms. The summed E-state index contributed by atoms with van der Waals surface area (Å²) >= 11 is 0. The zero-order chi connectivity index (χ0) is 21.0. The molecule has 1 spiro atoms. The maximum absolute atomic E-state index is 14.2. The number of ether oxygens (including phenoxy) is 3. The third-order valence-corrected chi connectivity index (χ3v) is 8.07. The minimum atomic E-state index is -1.81. The average Bonchev–Trinajstić information content (AvgIpc) is 3.18. The van der Waals surface area contributed by atoms with Gasteiger partial charge in [0.2, 0.25) is 0 Å². The van der Waals surface area contributed by atoms with E-state index in [-0.39, 0.29) is 23.7 Å². The predicted octanol–water partition coefficient (Wildman–Crippen LogP) is 0.653. The van der Waals surface area contributed by atoms with Crippen LogP contribution in [-0.4, -0.2) is 73.2 Å². The van der Waals surface area contributed by atoms with E-state index in [1.54, 1.807) is 6.07 Å². The highest BCUT2D eigenvalue weighted by molar-refractivity contribution is 6.10. The fraction of sp³-hybridized carbons (Fsp3) is 0.636. The molecule has 0 radical (unpaired) electrons. The zero-order valence-electron chi connectivity index (χ0n) is 17.3. The summed E-state index contributed by atoms with van der Waals surface area (Å²) in [7, 11) is 3.43. The molecular weight excluding hydrogens is 388 g/mol. The van der Waals surface area contributed by atoms with E-state index in [1.807, 2.05) is 26.1 Å². The summed E-state index contributed by atoms with van der Waals surface area (Å²) in [5, 5.41) is 12.5. The molecule has 1 aromatic rings. The third kappa shape index (κ3) is 1.84. The van der Waals surface area contributed by atoms with Gasteiger partial charge in [0.05, 0.1) is 17.7 Å². The molecule has 1 aliphatic carbocycles. The lowest BCUT2D eigenvalue weighted by Gasteiger charge is -2.53. The van der Waals surface area contributed by atoms with Gasteiger partial charge in [-0.25, -0.2) is 0 Å². The Kier molecular flexibility index (Phi) is 3.64. The first-order chi connectivity index (χ1) is 14.4. The van der Waals surface area contributed by atoms with Crippen LogP contribution >= 0.6 is 0 Å². The number of methoxy groups -OCH3 is 1. The third-order valence-electron chi connectivity index (χ3n) is 8.07. The molecule has 4 aliphatic heterocycles. The number of nitrogens with zero attached hydrogens (tertiary/aromatic N) is 2. The van der Waals surface area contributed by atoms with Crippen LogP contribution in [0.5, 0.6) is 5.75 Å². The summed E-state index contributed by atoms with van der Waals surface area (Å²) in [6.07, 6.45) is -0.988. The molecule has 3 fully saturated rings. The Morgan fingerprint density at radius 3 is 2.83 bits per heavy atom. The van der Waals surface area contributed by atoms with E-state index in [1.165, 1.54) is 12.0 Å². The van der Waals surface area contributed by atoms with Crippen molar-refractivity contribution in [2.45, 2.75) is 49.4 Å². The first-order valence-electron chi connectivity index (χ1n) is 10.6. The molecule has 7 atom stereocenters. The molecule has 5 aliphatic rings. The summed E-state index contributed by atoms with van der Waals surface area (Å²) in [5.74, 6) is -0.521. The molecule has 0 aromatic heterocycles. The van der Waals surface area contributed by atoms with E-state index in [0.717, 1.165) is 13.0 Å². The second-order valence-corrected chi connectivity index (χ2v) is 9.30. The predicted molar refractivity (Wildman–Crippen MR) is 105 cm³/mol. The number of carbonyl (C=O) groups is 2. The Balaban J connectivity index is 1.68. The average molecular weight is 414 g/mol. The van der Waals surface area contributed by atoms with Gasteiger partial charge in [-0.1, -0.05) is 12.1 Å². The molecular formula is C22H26N2O6. The van der Waals surface area contributed by atoms with Gasteiger partial charge in [0, 0.05) is 13.0 Å². The maximum Gasteiger partial charge on any atom is 0.299 e. The van der Waals surface area contributed by atoms with Gasteiger partial charge in [0.25, 0.3) is 12.2 Å². The Bertz CT molecular complexity index is 967. The van der Waals surface area contributed by atoms with Crippen LogP contribution in [0.3, 0.4) is 0 Å². The lowest BCUT2D eigenvalue weighted by molar-refractivity contribution is -0.180. The van der Waals surface area contributed by atoms with Crippen molar-refractivity contribution in [2.24, 2.45) is 11.8 Å². The van der Waals surface area contributed by atoms with Crippen molar-refractivity contribution >= 4 is 17.4 Å². The molecule has 4 bridgehead atoms. The molecule has 1 N–H and O–H groups in total. The van der Waals surface area contributed by atoms with Gasteiger partial charge in [0.15, 0.2) is 11.5 Å². The summed E-state index contributed by atoms with van der Waals surface area (Å²) in [6.45, 7) is 3.36. The quantitative estimate of drug-likeness (QED) is 0.722. The van der Waals surface area contributed by atoms with E-state index in [0.29, 0.717) is 30.0 Å². The number of ketones is 1. The topological polar surface area (TPSA) is 88.5 Å². The lowest BCUT2D eigenvalue weighted by Crippen LogP contribution is -2.74. The van der Waals surface area contributed by atoms with E-state index in [4.69, 9.17) is 14.2 Å². The monoisotopic (exact) mass is 414 g/mol. The Hall–Kier alpha value is -2.00. The Labute approximate surface area is 174 Å². The fourth-order valence-electron chi connectivity index (χ4n) is 6.79. The van der Waals surface area contributed by atoms with Crippen LogP contribution in [-0.2, 0) is 24.5 Å². The number of rotatable bonds is 1. The number of benzene rings is 1. The SMILES string of the molecule is CO[C@H]1Oc2cccc3c2N(C1=O)[C@]1(O)[C@@H]2O[C@H](C)[C@@H]4C(=O)[C@]31CCN(C)CC[C@@H]42. The summed E-state index contributed by atoms with van der Waals surface area (Å²) in [6, 6.07) is 5.42. The molecule has 4 heterocycles. The van der Waals surface area contributed by atoms with Crippen molar-refractivity contribution in [2.75, 3.05) is 32.1 Å². The molecule has 1 aromatic carbocycles. The number of amides is 1. The molecule has 160 valence electrons. The summed E-state index contributed by atoms with van der Waals surface area (Å²) in [4.78, 5) is 31.3. The molecule has 8 heteroatoms. The van der Waals surface area contributed by atoms with Gasteiger partial charge in [-0.2, -0.15) is 0 Å². The van der Waals surface area contributed by atoms with Crippen molar-refractivity contribution in [3.8, 4) is 5.75 Å². The van der Waals surface area contributed by atoms with E-state index in [9.17, 15) is 14.7 Å². The van der Waals surface area contributed by atoms with Gasteiger partial charge in [0.1, 0.15) is 17.3 Å². The first-order valence-corrected chi connectivity index (χ1v) is 10.6. The van der Waals surface area contributed by atoms with E-state index >= 15 is 0 Å². The maximum atomic E-state index is 14.2. The Morgan fingerprint density at radius 1 is 1.27 bits per heavy atom. The fourth-order valence-corrected chi connectivity index (χ4v) is 6.79. The van der Waals surface area contributed by atoms with Gasteiger partial charge in [-0.15, -0.1) is 0 Å². The van der Waals surface area contributed by atoms with Crippen molar-refractivity contribution in [1.29, 1.82) is 0 Å². The summed E-state index contributed by atoms with van der Waals surface area (Å²) < 4.78 is 17.4. The molecule has 1 saturated carbocycles. The Morgan fingerprint density at radius 2 is 2.07 bits per heavy atom. The largest absolute Gasteiger partial charge is 0.453 e. The lowest BCUT2D eigenvalue weighted by atomic mass is 9.55. The highest BCUT2D eigenvalue weighted by Gasteiger charge is 2.79. The second-order valence-electron chi connectivity index (χ2n) is 9.30. The van der Waals surface area contributed by atoms with Crippen LogP contribution in [0.1, 0.15) is 25.3 Å².